The van der Waals surface area contributed by atoms with E-state index in [0.29, 0.717) is 11.9 Å². The highest BCUT2D eigenvalue weighted by molar-refractivity contribution is 14.1. The maximum absolute atomic E-state index is 13.1. The normalized spacial score (nSPS) is 11.1. The van der Waals surface area contributed by atoms with E-state index < -0.39 is 0 Å². The Kier molecular flexibility index (Phi) is 6.20. The number of rotatable bonds is 5. The van der Waals surface area contributed by atoms with E-state index >= 15 is 0 Å². The molecule has 3 nitrogen and oxygen atoms in total. The monoisotopic (exact) mass is 562 g/mol. The summed E-state index contributed by atoms with van der Waals surface area (Å²) in [4.78, 5) is 17.9. The van der Waals surface area contributed by atoms with E-state index in [4.69, 9.17) is 4.98 Å². The Morgan fingerprint density at radius 1 is 1.17 bits per heavy atom. The van der Waals surface area contributed by atoms with Gasteiger partial charge >= 0.3 is 0 Å². The quantitative estimate of drug-likeness (QED) is 0.245. The molecule has 0 aliphatic carbocycles. The lowest BCUT2D eigenvalue weighted by atomic mass is 10.2. The van der Waals surface area contributed by atoms with Gasteiger partial charge in [-0.2, -0.15) is 0 Å². The zero-order chi connectivity index (χ0) is 17.1. The zero-order valence-corrected chi connectivity index (χ0v) is 18.3. The van der Waals surface area contributed by atoms with Gasteiger partial charge in [-0.3, -0.25) is 9.36 Å². The molecule has 1 heterocycles. The first kappa shape index (κ1) is 18.2. The Bertz CT molecular complexity index is 926. The molecule has 3 aromatic rings. The fraction of sp³-hybridized carbons (Fsp3) is 0.222. The minimum atomic E-state index is 0.0406. The van der Waals surface area contributed by atoms with Crippen molar-refractivity contribution in [2.45, 2.75) is 25.0 Å². The number of fused-ring (bicyclic) bond motifs is 1. The molecule has 0 saturated carbocycles. The lowest BCUT2D eigenvalue weighted by Crippen LogP contribution is -2.24. The van der Waals surface area contributed by atoms with Crippen molar-refractivity contribution in [3.63, 3.8) is 0 Å². The van der Waals surface area contributed by atoms with Gasteiger partial charge in [-0.25, -0.2) is 4.98 Å². The maximum atomic E-state index is 13.1. The molecule has 0 bridgehead atoms. The summed E-state index contributed by atoms with van der Waals surface area (Å²) in [7, 11) is 0. The van der Waals surface area contributed by atoms with Gasteiger partial charge in [0.2, 0.25) is 0 Å². The summed E-state index contributed by atoms with van der Waals surface area (Å²) in [6.45, 7) is 2.69. The molecular weight excluding hydrogens is 546 g/mol. The summed E-state index contributed by atoms with van der Waals surface area (Å²) in [5.74, 6) is 0.952. The number of halogens is 2. The van der Waals surface area contributed by atoms with Crippen molar-refractivity contribution in [1.82, 2.24) is 9.55 Å². The topological polar surface area (TPSA) is 34.9 Å². The molecule has 0 spiro atoms. The van der Waals surface area contributed by atoms with Gasteiger partial charge in [0.1, 0.15) is 0 Å². The molecule has 0 fully saturated rings. The Balaban J connectivity index is 2.20. The van der Waals surface area contributed by atoms with Crippen LogP contribution >= 0.6 is 56.9 Å². The van der Waals surface area contributed by atoms with Crippen LogP contribution in [0.4, 0.5) is 0 Å². The van der Waals surface area contributed by atoms with E-state index in [1.54, 1.807) is 11.8 Å². The molecule has 124 valence electrons. The Morgan fingerprint density at radius 2 is 1.92 bits per heavy atom. The second-order valence-corrected chi connectivity index (χ2v) is 8.87. The Hall–Kier alpha value is -0.610. The summed E-state index contributed by atoms with van der Waals surface area (Å²) >= 11 is 6.17. The van der Waals surface area contributed by atoms with Crippen molar-refractivity contribution >= 4 is 67.8 Å². The van der Waals surface area contributed by atoms with Crippen molar-refractivity contribution in [2.75, 3.05) is 5.75 Å². The van der Waals surface area contributed by atoms with Crippen LogP contribution in [0.2, 0.25) is 0 Å². The largest absolute Gasteiger partial charge is 0.283 e. The standard InChI is InChI=1S/C18H16I2N2OS/c1-2-8-24-18-21-16-14(9-13(19)10-15(16)20)17(23)22(18)11-12-6-4-3-5-7-12/h3-7,9-10H,2,8,11H2,1H3. The first-order valence-corrected chi connectivity index (χ1v) is 10.8. The smallest absolute Gasteiger partial charge is 0.262 e. The Morgan fingerprint density at radius 3 is 2.62 bits per heavy atom. The van der Waals surface area contributed by atoms with Crippen LogP contribution in [0.3, 0.4) is 0 Å². The molecular formula is C18H16I2N2OS. The van der Waals surface area contributed by atoms with E-state index in [1.165, 1.54) is 0 Å². The second-order valence-electron chi connectivity index (χ2n) is 5.40. The predicted molar refractivity (Wildman–Crippen MR) is 118 cm³/mol. The fourth-order valence-electron chi connectivity index (χ4n) is 2.44. The van der Waals surface area contributed by atoms with Crippen LogP contribution in [0.5, 0.6) is 0 Å². The second kappa shape index (κ2) is 8.18. The minimum absolute atomic E-state index is 0.0406. The number of nitrogens with zero attached hydrogens (tertiary/aromatic N) is 2. The van der Waals surface area contributed by atoms with Crippen LogP contribution in [0, 0.1) is 7.14 Å². The molecule has 0 radical (unpaired) electrons. The van der Waals surface area contributed by atoms with Crippen molar-refractivity contribution in [3.8, 4) is 0 Å². The van der Waals surface area contributed by atoms with Crippen LogP contribution in [0.25, 0.3) is 10.9 Å². The van der Waals surface area contributed by atoms with Gasteiger partial charge in [-0.05, 0) is 69.3 Å². The predicted octanol–water partition coefficient (Wildman–Crippen LogP) is 5.16. The molecule has 0 atom stereocenters. The van der Waals surface area contributed by atoms with Gasteiger partial charge in [0.15, 0.2) is 5.16 Å². The summed E-state index contributed by atoms with van der Waals surface area (Å²) < 4.78 is 3.89. The van der Waals surface area contributed by atoms with E-state index in [9.17, 15) is 4.79 Å². The highest BCUT2D eigenvalue weighted by Gasteiger charge is 2.14. The third kappa shape index (κ3) is 3.96. The maximum Gasteiger partial charge on any atom is 0.262 e. The van der Waals surface area contributed by atoms with Crippen LogP contribution in [-0.4, -0.2) is 15.3 Å². The molecule has 6 heteroatoms. The van der Waals surface area contributed by atoms with E-state index in [0.717, 1.165) is 35.6 Å². The van der Waals surface area contributed by atoms with Crippen molar-refractivity contribution < 1.29 is 0 Å². The van der Waals surface area contributed by atoms with Gasteiger partial charge in [0, 0.05) is 12.9 Å². The number of aromatic nitrogens is 2. The highest BCUT2D eigenvalue weighted by Crippen LogP contribution is 2.24. The van der Waals surface area contributed by atoms with Crippen LogP contribution in [-0.2, 0) is 6.54 Å². The van der Waals surface area contributed by atoms with Crippen molar-refractivity contribution in [2.24, 2.45) is 0 Å². The lowest BCUT2D eigenvalue weighted by molar-refractivity contribution is 0.657. The Labute approximate surface area is 172 Å². The average Bonchev–Trinajstić information content (AvgIpc) is 2.57. The van der Waals surface area contributed by atoms with Crippen molar-refractivity contribution in [1.29, 1.82) is 0 Å². The summed E-state index contributed by atoms with van der Waals surface area (Å²) in [6, 6.07) is 14.1. The minimum Gasteiger partial charge on any atom is -0.283 e. The molecule has 1 aromatic heterocycles. The third-order valence-electron chi connectivity index (χ3n) is 3.56. The summed E-state index contributed by atoms with van der Waals surface area (Å²) in [5, 5.41) is 1.50. The molecule has 2 aromatic carbocycles. The van der Waals surface area contributed by atoms with Gasteiger partial charge in [-0.1, -0.05) is 49.0 Å². The van der Waals surface area contributed by atoms with Crippen LogP contribution in [0.1, 0.15) is 18.9 Å². The number of hydrogen-bond donors (Lipinski definition) is 0. The molecule has 0 N–H and O–H groups in total. The summed E-state index contributed by atoms with van der Waals surface area (Å²) in [5.41, 5.74) is 1.96. The molecule has 0 aliphatic heterocycles. The van der Waals surface area contributed by atoms with Gasteiger partial charge in [-0.15, -0.1) is 0 Å². The molecule has 0 unspecified atom stereocenters. The SMILES string of the molecule is CCCSc1nc2c(I)cc(I)cc2c(=O)n1Cc1ccccc1. The lowest BCUT2D eigenvalue weighted by Gasteiger charge is -2.14. The number of benzene rings is 2. The van der Waals surface area contributed by atoms with Gasteiger partial charge in [0.25, 0.3) is 5.56 Å². The highest BCUT2D eigenvalue weighted by atomic mass is 127. The van der Waals surface area contributed by atoms with Gasteiger partial charge in [0.05, 0.1) is 17.4 Å². The number of hydrogen-bond acceptors (Lipinski definition) is 3. The average molecular weight is 562 g/mol. The third-order valence-corrected chi connectivity index (χ3v) is 6.19. The molecule has 3 rings (SSSR count). The molecule has 0 aliphatic rings. The summed E-state index contributed by atoms with van der Waals surface area (Å²) in [6.07, 6.45) is 1.05. The zero-order valence-electron chi connectivity index (χ0n) is 13.1. The van der Waals surface area contributed by atoms with Crippen molar-refractivity contribution in [3.05, 3.63) is 65.5 Å². The van der Waals surface area contributed by atoms with Gasteiger partial charge < -0.3 is 0 Å². The van der Waals surface area contributed by atoms with E-state index in [-0.39, 0.29) is 5.56 Å². The van der Waals surface area contributed by atoms with Crippen LogP contribution in [0.15, 0.2) is 52.4 Å². The molecule has 0 amide bonds. The fourth-order valence-corrected chi connectivity index (χ4v) is 5.25. The molecule has 0 saturated heterocycles. The molecule has 24 heavy (non-hydrogen) atoms. The van der Waals surface area contributed by atoms with Crippen LogP contribution < -0.4 is 5.56 Å². The number of thioether (sulfide) groups is 1. The first-order valence-electron chi connectivity index (χ1n) is 7.66. The van der Waals surface area contributed by atoms with E-state index in [1.807, 2.05) is 41.0 Å². The van der Waals surface area contributed by atoms with E-state index in [2.05, 4.69) is 58.2 Å². The first-order chi connectivity index (χ1) is 11.6.